The highest BCUT2D eigenvalue weighted by Crippen LogP contribution is 2.28. The van der Waals surface area contributed by atoms with E-state index in [1.54, 1.807) is 11.8 Å². The maximum Gasteiger partial charge on any atom is 0.191 e. The summed E-state index contributed by atoms with van der Waals surface area (Å²) in [6.45, 7) is 8.55. The lowest BCUT2D eigenvalue weighted by Crippen LogP contribution is -2.28. The van der Waals surface area contributed by atoms with E-state index >= 15 is 0 Å². The number of halogens is 1. The lowest BCUT2D eigenvalue weighted by molar-refractivity contribution is 0.302. The molecule has 0 amide bonds. The van der Waals surface area contributed by atoms with Crippen LogP contribution in [0.25, 0.3) is 0 Å². The number of allylic oxidation sites excluding steroid dienone is 1. The molecular weight excluding hydrogens is 336 g/mol. The van der Waals surface area contributed by atoms with Gasteiger partial charge in [0.25, 0.3) is 0 Å². The van der Waals surface area contributed by atoms with Gasteiger partial charge in [-0.2, -0.15) is 0 Å². The van der Waals surface area contributed by atoms with Gasteiger partial charge in [-0.1, -0.05) is 28.2 Å². The van der Waals surface area contributed by atoms with Crippen molar-refractivity contribution in [2.75, 3.05) is 13.1 Å². The summed E-state index contributed by atoms with van der Waals surface area (Å²) < 4.78 is 6.90. The number of aromatic nitrogens is 5. The summed E-state index contributed by atoms with van der Waals surface area (Å²) >= 11 is 1.61. The van der Waals surface area contributed by atoms with E-state index < -0.39 is 0 Å². The molecule has 0 saturated carbocycles. The number of nitrogens with zero attached hydrogens (tertiary/aromatic N) is 5. The van der Waals surface area contributed by atoms with Gasteiger partial charge >= 0.3 is 0 Å². The third-order valence-corrected chi connectivity index (χ3v) is 4.82. The highest BCUT2D eigenvalue weighted by atomic mass is 35.5. The van der Waals surface area contributed by atoms with Crippen molar-refractivity contribution in [3.05, 3.63) is 29.9 Å². The van der Waals surface area contributed by atoms with E-state index in [0.717, 1.165) is 54.8 Å². The quantitative estimate of drug-likeness (QED) is 0.628. The maximum atomic E-state index is 4.73. The van der Waals surface area contributed by atoms with E-state index in [9.17, 15) is 0 Å². The van der Waals surface area contributed by atoms with Crippen molar-refractivity contribution in [2.24, 2.45) is 0 Å². The lowest BCUT2D eigenvalue weighted by atomic mass is 9.97. The smallest absolute Gasteiger partial charge is 0.191 e. The molecule has 0 spiro atoms. The van der Waals surface area contributed by atoms with Crippen molar-refractivity contribution in [1.29, 1.82) is 0 Å². The molecule has 0 radical (unpaired) electrons. The zero-order valence-electron chi connectivity index (χ0n) is 13.1. The largest absolute Gasteiger partial charge is 0.317 e. The van der Waals surface area contributed by atoms with Gasteiger partial charge in [-0.05, 0) is 32.9 Å². The first kappa shape index (κ1) is 18.0. The van der Waals surface area contributed by atoms with E-state index in [1.807, 2.05) is 13.0 Å². The number of hydrogen-bond donors (Lipinski definition) is 1. The van der Waals surface area contributed by atoms with E-state index in [4.69, 9.17) is 4.63 Å². The van der Waals surface area contributed by atoms with E-state index in [2.05, 4.69) is 37.0 Å². The van der Waals surface area contributed by atoms with Crippen molar-refractivity contribution < 1.29 is 4.63 Å². The fourth-order valence-corrected chi connectivity index (χ4v) is 3.55. The number of hydrogen-bond acceptors (Lipinski definition) is 7. The number of aryl methyl sites for hydroxylation is 1. The molecule has 9 heteroatoms. The molecule has 1 aliphatic heterocycles. The molecule has 0 atom stereocenters. The summed E-state index contributed by atoms with van der Waals surface area (Å²) in [5.41, 5.74) is 1.67. The van der Waals surface area contributed by atoms with Gasteiger partial charge in [0.2, 0.25) is 0 Å². The Kier molecular flexibility index (Phi) is 6.61. The highest BCUT2D eigenvalue weighted by Gasteiger charge is 2.23. The van der Waals surface area contributed by atoms with Gasteiger partial charge in [0.05, 0.1) is 0 Å². The van der Waals surface area contributed by atoms with Crippen molar-refractivity contribution in [2.45, 2.75) is 43.1 Å². The summed E-state index contributed by atoms with van der Waals surface area (Å²) in [5.74, 6) is 2.22. The Morgan fingerprint density at radius 3 is 2.78 bits per heavy atom. The predicted octanol–water partition coefficient (Wildman–Crippen LogP) is 2.34. The second-order valence-corrected chi connectivity index (χ2v) is 6.29. The number of thioether (sulfide) groups is 1. The van der Waals surface area contributed by atoms with Crippen molar-refractivity contribution in [3.63, 3.8) is 0 Å². The summed E-state index contributed by atoms with van der Waals surface area (Å²) in [6, 6.07) is 0. The van der Waals surface area contributed by atoms with Gasteiger partial charge in [0, 0.05) is 18.2 Å². The Bertz CT molecular complexity index is 637. The van der Waals surface area contributed by atoms with Crippen molar-refractivity contribution in [3.8, 4) is 0 Å². The summed E-state index contributed by atoms with van der Waals surface area (Å²) in [5, 5.41) is 20.8. The number of piperidine rings is 1. The third kappa shape index (κ3) is 4.13. The minimum absolute atomic E-state index is 0. The SMILES string of the molecule is C=CCn1c(SCc2nonc2C)nnc1C1CCNCC1.Cl. The minimum atomic E-state index is 0. The third-order valence-electron chi connectivity index (χ3n) is 3.85. The second kappa shape index (κ2) is 8.47. The van der Waals surface area contributed by atoms with Crippen LogP contribution in [-0.2, 0) is 12.3 Å². The van der Waals surface area contributed by atoms with Gasteiger partial charge in [-0.25, -0.2) is 4.63 Å². The van der Waals surface area contributed by atoms with Crippen molar-refractivity contribution in [1.82, 2.24) is 30.4 Å². The zero-order valence-corrected chi connectivity index (χ0v) is 14.7. The minimum Gasteiger partial charge on any atom is -0.317 e. The van der Waals surface area contributed by atoms with Crippen LogP contribution in [0.1, 0.15) is 36.0 Å². The Morgan fingerprint density at radius 2 is 2.13 bits per heavy atom. The molecule has 23 heavy (non-hydrogen) atoms. The van der Waals surface area contributed by atoms with Crippen LogP contribution in [-0.4, -0.2) is 38.2 Å². The Morgan fingerprint density at radius 1 is 1.35 bits per heavy atom. The van der Waals surface area contributed by atoms with Gasteiger partial charge < -0.3 is 9.88 Å². The fraction of sp³-hybridized carbons (Fsp3) is 0.571. The van der Waals surface area contributed by atoms with Crippen LogP contribution in [0.4, 0.5) is 0 Å². The van der Waals surface area contributed by atoms with Crippen LogP contribution >= 0.6 is 24.2 Å². The van der Waals surface area contributed by atoms with Crippen LogP contribution < -0.4 is 5.32 Å². The molecule has 0 aromatic carbocycles. The van der Waals surface area contributed by atoms with Gasteiger partial charge in [0.1, 0.15) is 17.2 Å². The molecule has 1 aliphatic rings. The summed E-state index contributed by atoms with van der Waals surface area (Å²) in [7, 11) is 0. The fourth-order valence-electron chi connectivity index (χ4n) is 2.60. The molecule has 2 aromatic rings. The van der Waals surface area contributed by atoms with E-state index in [-0.39, 0.29) is 12.4 Å². The molecule has 3 rings (SSSR count). The molecule has 3 heterocycles. The van der Waals surface area contributed by atoms with Crippen LogP contribution in [0, 0.1) is 6.92 Å². The molecule has 0 aliphatic carbocycles. The standard InChI is InChI=1S/C14H20N6OS.ClH/c1-3-8-20-13(11-4-6-15-7-5-11)16-17-14(20)22-9-12-10(2)18-21-19-12;/h3,11,15H,1,4-9H2,2H3;1H. The van der Waals surface area contributed by atoms with Crippen LogP contribution in [0.2, 0.25) is 0 Å². The van der Waals surface area contributed by atoms with Gasteiger partial charge in [-0.15, -0.1) is 29.2 Å². The zero-order chi connectivity index (χ0) is 15.4. The molecule has 1 fully saturated rings. The molecule has 0 unspecified atom stereocenters. The van der Waals surface area contributed by atoms with E-state index in [0.29, 0.717) is 11.7 Å². The Labute approximate surface area is 145 Å². The van der Waals surface area contributed by atoms with Gasteiger partial charge in [0.15, 0.2) is 5.16 Å². The highest BCUT2D eigenvalue weighted by molar-refractivity contribution is 7.98. The Hall–Kier alpha value is -1.38. The van der Waals surface area contributed by atoms with Crippen LogP contribution in [0.5, 0.6) is 0 Å². The molecule has 1 N–H and O–H groups in total. The predicted molar refractivity (Wildman–Crippen MR) is 90.9 cm³/mol. The first-order valence-corrected chi connectivity index (χ1v) is 8.43. The Balaban J connectivity index is 0.00000192. The molecule has 1 saturated heterocycles. The monoisotopic (exact) mass is 356 g/mol. The first-order chi connectivity index (χ1) is 10.8. The molecule has 2 aromatic heterocycles. The topological polar surface area (TPSA) is 81.7 Å². The average molecular weight is 357 g/mol. The lowest BCUT2D eigenvalue weighted by Gasteiger charge is -2.22. The first-order valence-electron chi connectivity index (χ1n) is 7.45. The molecule has 0 bridgehead atoms. The second-order valence-electron chi connectivity index (χ2n) is 5.35. The molecular formula is C14H21ClN6OS. The molecule has 7 nitrogen and oxygen atoms in total. The van der Waals surface area contributed by atoms with E-state index in [1.165, 1.54) is 0 Å². The number of nitrogens with one attached hydrogen (secondary N) is 1. The maximum absolute atomic E-state index is 4.73. The van der Waals surface area contributed by atoms with Crippen molar-refractivity contribution >= 4 is 24.2 Å². The average Bonchev–Trinajstić information content (AvgIpc) is 3.13. The van der Waals surface area contributed by atoms with Crippen LogP contribution in [0.3, 0.4) is 0 Å². The molecule has 126 valence electrons. The number of rotatable bonds is 6. The van der Waals surface area contributed by atoms with Crippen LogP contribution in [0.15, 0.2) is 22.4 Å². The summed E-state index contributed by atoms with van der Waals surface area (Å²) in [6.07, 6.45) is 4.10. The normalized spacial score (nSPS) is 15.3. The summed E-state index contributed by atoms with van der Waals surface area (Å²) in [4.78, 5) is 0. The van der Waals surface area contributed by atoms with Gasteiger partial charge in [-0.3, -0.25) is 0 Å².